The van der Waals surface area contributed by atoms with E-state index in [0.717, 1.165) is 12.3 Å². The lowest BCUT2D eigenvalue weighted by atomic mass is 9.97. The highest BCUT2D eigenvalue weighted by atomic mass is 32.2. The molecule has 0 aromatic carbocycles. The molecule has 444 valence electrons. The van der Waals surface area contributed by atoms with E-state index in [4.69, 9.17) is 14.5 Å². The van der Waals surface area contributed by atoms with Gasteiger partial charge in [-0.15, -0.1) is 10.2 Å². The van der Waals surface area contributed by atoms with Crippen LogP contribution in [0.2, 0.25) is 0 Å². The summed E-state index contributed by atoms with van der Waals surface area (Å²) in [6.45, 7) is 33.2. The molecule has 0 radical (unpaired) electrons. The second-order valence-electron chi connectivity index (χ2n) is 23.9. The highest BCUT2D eigenvalue weighted by Gasteiger charge is 2.40. The fourth-order valence-corrected chi connectivity index (χ4v) is 11.4. The second kappa shape index (κ2) is 25.8. The van der Waals surface area contributed by atoms with Crippen LogP contribution < -0.4 is 33.8 Å². The third-order valence-corrected chi connectivity index (χ3v) is 15.3. The molecule has 8 rings (SSSR count). The van der Waals surface area contributed by atoms with Crippen molar-refractivity contribution in [3.63, 3.8) is 0 Å². The number of hydrogen-bond acceptors (Lipinski definition) is 16. The third kappa shape index (κ3) is 17.6. The second-order valence-corrected chi connectivity index (χ2v) is 27.2. The molecule has 25 heteroatoms. The third-order valence-electron chi connectivity index (χ3n) is 12.4. The van der Waals surface area contributed by atoms with Crippen LogP contribution in [-0.2, 0) is 34.1 Å². The highest BCUT2D eigenvalue weighted by Crippen LogP contribution is 2.38. The molecule has 0 unspecified atom stereocenters. The quantitative estimate of drug-likeness (QED) is 0.132. The van der Waals surface area contributed by atoms with Crippen molar-refractivity contribution in [2.75, 3.05) is 31.2 Å². The Morgan fingerprint density at radius 1 is 0.650 bits per heavy atom. The number of hydrogen-bond donors (Lipinski definition) is 3. The van der Waals surface area contributed by atoms with Crippen LogP contribution in [0.15, 0.2) is 71.0 Å². The Kier molecular flexibility index (Phi) is 21.8. The summed E-state index contributed by atoms with van der Waals surface area (Å²) in [4.78, 5) is 37.2. The van der Waals surface area contributed by atoms with Crippen LogP contribution in [-0.4, -0.2) is 115 Å². The molecule has 3 N–H and O–H groups in total. The molecule has 8 heterocycles. The standard InChI is InChI=1S/C26H37N7O4S.C20H26N6O4S.C7H15N.2CH4.FH/c1-17-13-26(6,7)32(14-17)23-19(24(34)30-38(35,36)20-15-31(8)28-18(20)2)9-10-21(27-23)33-12-11-22(29-33)37-16-25(3,4)5;1-13-15(19(27)24-31(28,29)16-11-25(6)22-14(16)2)7-8-17(21-13)26-10-9-18(23-26)30-12-20(3,4)5;1-6-4-7(2,3)8-5-6;;;/h9-12,15,17H,13-14,16H2,1-8H3,(H,30,34);7-11H,12H2,1-6H3,(H,24,27);6,8H,4-5H2,1-3H3;2*1H4;1H/p-1/t17-;;6-;;;/m0.0.../s1. The molecule has 2 aliphatic heterocycles. The number of carbonyl (C=O) groups excluding carboxylic acids is 2. The first-order valence-electron chi connectivity index (χ1n) is 25.6. The molecule has 0 aliphatic carbocycles. The number of amides is 2. The smallest absolute Gasteiger partial charge is 0.268 e. The van der Waals surface area contributed by atoms with Crippen molar-refractivity contribution in [1.82, 2.24) is 63.9 Å². The number of rotatable bonds is 13. The number of aromatic nitrogens is 10. The van der Waals surface area contributed by atoms with E-state index in [1.54, 1.807) is 82.3 Å². The van der Waals surface area contributed by atoms with Crippen LogP contribution in [0.1, 0.15) is 149 Å². The van der Waals surface area contributed by atoms with Crippen molar-refractivity contribution in [2.45, 2.75) is 152 Å². The summed E-state index contributed by atoms with van der Waals surface area (Å²) in [7, 11) is -4.96. The number of halogens is 1. The van der Waals surface area contributed by atoms with Gasteiger partial charge in [-0.25, -0.2) is 45.6 Å². The van der Waals surface area contributed by atoms with Crippen LogP contribution >= 0.6 is 0 Å². The maximum absolute atomic E-state index is 13.4. The van der Waals surface area contributed by atoms with Gasteiger partial charge in [0.2, 0.25) is 11.8 Å². The Morgan fingerprint density at radius 3 is 1.44 bits per heavy atom. The summed E-state index contributed by atoms with van der Waals surface area (Å²) in [5.41, 5.74) is 1.39. The fraction of sp³-hybridized carbons (Fsp3) is 0.564. The molecule has 6 aromatic heterocycles. The zero-order chi connectivity index (χ0) is 57.2. The number of pyridine rings is 2. The molecule has 2 fully saturated rings. The maximum atomic E-state index is 13.4. The van der Waals surface area contributed by atoms with Crippen LogP contribution in [0, 0.1) is 43.4 Å². The lowest BCUT2D eigenvalue weighted by molar-refractivity contribution is -0.0000423. The van der Waals surface area contributed by atoms with Gasteiger partial charge in [0.25, 0.3) is 31.9 Å². The molecule has 22 nitrogen and oxygen atoms in total. The minimum atomic E-state index is -4.14. The SMILES string of the molecule is C.C.C[C@@H]1CNC(C)(C)C1.Cc1nc(-n2ccc(OCC(C)(C)C)n2)ccc1C(=O)NS(=O)(=O)c1cn(C)nc1C.Cc1nn(C)cc1S(=O)(=O)NC(=O)c1ccc(-n2ccc(OCC(C)(C)C)n2)nc1N1C[C@@H](C)CC1(C)C.[F-]. The first-order chi connectivity index (χ1) is 35.5. The lowest BCUT2D eigenvalue weighted by Crippen LogP contribution is -3.00. The van der Waals surface area contributed by atoms with Gasteiger partial charge in [0, 0.05) is 68.6 Å². The molecular weight excluding hydrogens is 1070 g/mol. The summed E-state index contributed by atoms with van der Waals surface area (Å²) in [6.07, 6.45) is 8.39. The number of aryl methyl sites for hydroxylation is 5. The van der Waals surface area contributed by atoms with E-state index in [9.17, 15) is 26.4 Å². The molecule has 2 amide bonds. The topological polar surface area (TPSA) is 257 Å². The van der Waals surface area contributed by atoms with Gasteiger partial charge >= 0.3 is 0 Å². The molecule has 80 heavy (non-hydrogen) atoms. The number of nitrogens with zero attached hydrogens (tertiary/aromatic N) is 11. The minimum absolute atomic E-state index is 0. The normalized spacial score (nSPS) is 16.6. The van der Waals surface area contributed by atoms with E-state index in [1.165, 1.54) is 45.5 Å². The van der Waals surface area contributed by atoms with Crippen LogP contribution in [0.3, 0.4) is 0 Å². The Hall–Kier alpha value is -6.73. The van der Waals surface area contributed by atoms with Gasteiger partial charge in [0.15, 0.2) is 11.6 Å². The molecule has 0 spiro atoms. The van der Waals surface area contributed by atoms with Gasteiger partial charge in [-0.1, -0.05) is 70.2 Å². The Balaban J connectivity index is 0.000000361. The molecule has 6 aromatic rings. The maximum Gasteiger partial charge on any atom is 0.268 e. The van der Waals surface area contributed by atoms with Crippen LogP contribution in [0.25, 0.3) is 11.6 Å². The van der Waals surface area contributed by atoms with E-state index < -0.39 is 31.9 Å². The number of sulfonamides is 2. The monoisotopic (exact) mass is 1150 g/mol. The number of ether oxygens (including phenoxy) is 2. The van der Waals surface area contributed by atoms with Crippen molar-refractivity contribution >= 4 is 37.7 Å². The Bertz CT molecular complexity index is 3310. The van der Waals surface area contributed by atoms with Crippen molar-refractivity contribution in [1.29, 1.82) is 0 Å². The number of anilines is 1. The summed E-state index contributed by atoms with van der Waals surface area (Å²) >= 11 is 0. The van der Waals surface area contributed by atoms with Gasteiger partial charge < -0.3 is 24.4 Å². The van der Waals surface area contributed by atoms with E-state index in [1.807, 2.05) is 0 Å². The molecule has 0 bridgehead atoms. The summed E-state index contributed by atoms with van der Waals surface area (Å²) < 4.78 is 72.8. The molecule has 2 atom stereocenters. The molecule has 2 aliphatic rings. The average molecular weight is 1150 g/mol. The minimum Gasteiger partial charge on any atom is -1.00 e. The average Bonchev–Trinajstić information content (AvgIpc) is 4.17. The van der Waals surface area contributed by atoms with E-state index >= 15 is 0 Å². The summed E-state index contributed by atoms with van der Waals surface area (Å²) in [5, 5.41) is 20.4. The number of carbonyl (C=O) groups is 2. The Labute approximate surface area is 473 Å². The first-order valence-corrected chi connectivity index (χ1v) is 28.5. The lowest BCUT2D eigenvalue weighted by Gasteiger charge is -2.34. The van der Waals surface area contributed by atoms with E-state index in [0.29, 0.717) is 77.5 Å². The van der Waals surface area contributed by atoms with Crippen molar-refractivity contribution < 1.29 is 40.6 Å². The summed E-state index contributed by atoms with van der Waals surface area (Å²) in [6, 6.07) is 9.83. The van der Waals surface area contributed by atoms with Crippen molar-refractivity contribution in [2.24, 2.45) is 36.8 Å². The molecular formula is C55H86FN14O8S2-. The van der Waals surface area contributed by atoms with Gasteiger partial charge in [-0.3, -0.25) is 19.0 Å². The fourth-order valence-electron chi connectivity index (χ4n) is 9.04. The predicted octanol–water partition coefficient (Wildman–Crippen LogP) is 5.31. The van der Waals surface area contributed by atoms with Crippen LogP contribution in [0.5, 0.6) is 11.8 Å². The molecule has 2 saturated heterocycles. The van der Waals surface area contributed by atoms with Crippen molar-refractivity contribution in [3.05, 3.63) is 89.4 Å². The van der Waals surface area contributed by atoms with Crippen LogP contribution in [0.4, 0.5) is 5.82 Å². The van der Waals surface area contributed by atoms with Gasteiger partial charge in [-0.05, 0) is 115 Å². The first kappa shape index (κ1) is 67.5. The van der Waals surface area contributed by atoms with Crippen molar-refractivity contribution in [3.8, 4) is 23.4 Å². The zero-order valence-electron chi connectivity index (χ0n) is 48.1. The van der Waals surface area contributed by atoms with Gasteiger partial charge in [0.1, 0.15) is 15.6 Å². The number of nitrogens with one attached hydrogen (secondary N) is 3. The van der Waals surface area contributed by atoms with E-state index in [-0.39, 0.29) is 56.8 Å². The summed E-state index contributed by atoms with van der Waals surface area (Å²) in [5.74, 6) is 2.03. The Morgan fingerprint density at radius 2 is 1.09 bits per heavy atom. The molecule has 0 saturated carbocycles. The van der Waals surface area contributed by atoms with E-state index in [2.05, 4.69) is 128 Å². The van der Waals surface area contributed by atoms with Gasteiger partial charge in [-0.2, -0.15) is 10.2 Å². The predicted molar refractivity (Wildman–Crippen MR) is 307 cm³/mol. The zero-order valence-corrected chi connectivity index (χ0v) is 49.7. The van der Waals surface area contributed by atoms with Gasteiger partial charge in [0.05, 0.1) is 41.4 Å². The highest BCUT2D eigenvalue weighted by molar-refractivity contribution is 7.90. The largest absolute Gasteiger partial charge is 1.00 e.